The van der Waals surface area contributed by atoms with E-state index in [9.17, 15) is 9.59 Å². The number of benzene rings is 2. The van der Waals surface area contributed by atoms with Gasteiger partial charge in [0.25, 0.3) is 5.91 Å². The number of imide groups is 1. The van der Waals surface area contributed by atoms with Crippen LogP contribution >= 0.6 is 0 Å². The summed E-state index contributed by atoms with van der Waals surface area (Å²) in [5.41, 5.74) is 4.55. The summed E-state index contributed by atoms with van der Waals surface area (Å²) in [5, 5.41) is 6.68. The largest absolute Gasteiger partial charge is 0.361 e. The highest BCUT2D eigenvalue weighted by Crippen LogP contribution is 2.45. The number of fused-ring (bicyclic) bond motifs is 2. The van der Waals surface area contributed by atoms with E-state index in [0.29, 0.717) is 30.0 Å². The summed E-state index contributed by atoms with van der Waals surface area (Å²) in [6.07, 6.45) is 7.20. The molecule has 5 rings (SSSR count). The second kappa shape index (κ2) is 9.24. The molecule has 3 N–H and O–H groups in total. The van der Waals surface area contributed by atoms with Crippen molar-refractivity contribution in [3.63, 3.8) is 0 Å². The van der Waals surface area contributed by atoms with Gasteiger partial charge >= 0.3 is 6.03 Å². The van der Waals surface area contributed by atoms with Crippen molar-refractivity contribution in [3.05, 3.63) is 84.1 Å². The predicted molar refractivity (Wildman–Crippen MR) is 130 cm³/mol. The Morgan fingerprint density at radius 1 is 1.15 bits per heavy atom. The highest BCUT2D eigenvalue weighted by Gasteiger charge is 2.40. The topological polar surface area (TPSA) is 77.2 Å². The molecule has 2 aliphatic rings. The zero-order valence-corrected chi connectivity index (χ0v) is 18.7. The van der Waals surface area contributed by atoms with Crippen molar-refractivity contribution in [2.75, 3.05) is 19.6 Å². The molecule has 0 radical (unpaired) electrons. The second-order valence-corrected chi connectivity index (χ2v) is 9.17. The van der Waals surface area contributed by atoms with Crippen molar-refractivity contribution in [2.45, 2.75) is 31.2 Å². The van der Waals surface area contributed by atoms with Gasteiger partial charge < -0.3 is 10.3 Å². The zero-order valence-electron chi connectivity index (χ0n) is 18.7. The van der Waals surface area contributed by atoms with Crippen molar-refractivity contribution in [1.29, 1.82) is 0 Å². The maximum absolute atomic E-state index is 12.2. The highest BCUT2D eigenvalue weighted by atomic mass is 16.2. The van der Waals surface area contributed by atoms with Gasteiger partial charge in [-0.1, -0.05) is 36.4 Å². The van der Waals surface area contributed by atoms with Crippen LogP contribution in [0.5, 0.6) is 0 Å². The lowest BCUT2D eigenvalue weighted by Gasteiger charge is -2.47. The van der Waals surface area contributed by atoms with Crippen LogP contribution in [0.3, 0.4) is 0 Å². The van der Waals surface area contributed by atoms with Gasteiger partial charge in [-0.2, -0.15) is 0 Å². The van der Waals surface area contributed by atoms with Crippen LogP contribution in [0.1, 0.15) is 40.2 Å². The van der Waals surface area contributed by atoms with E-state index in [1.54, 1.807) is 24.3 Å². The first kappa shape index (κ1) is 21.5. The van der Waals surface area contributed by atoms with Gasteiger partial charge in [0.05, 0.1) is 0 Å². The Labute approximate surface area is 194 Å². The predicted octanol–water partition coefficient (Wildman–Crippen LogP) is 4.21. The van der Waals surface area contributed by atoms with Gasteiger partial charge in [0, 0.05) is 54.3 Å². The van der Waals surface area contributed by atoms with E-state index in [-0.39, 0.29) is 5.91 Å². The molecule has 6 heteroatoms. The molecule has 1 aromatic heterocycles. The van der Waals surface area contributed by atoms with E-state index in [4.69, 9.17) is 0 Å². The average molecular weight is 443 g/mol. The Balaban J connectivity index is 1.22. The smallest absolute Gasteiger partial charge is 0.321 e. The number of carbonyl (C=O) groups excluding carboxylic acids is 2. The molecule has 170 valence electrons. The first-order valence-corrected chi connectivity index (χ1v) is 11.7. The van der Waals surface area contributed by atoms with Crippen LogP contribution in [-0.4, -0.2) is 47.5 Å². The van der Waals surface area contributed by atoms with E-state index in [2.05, 4.69) is 51.5 Å². The number of nitrogens with zero attached hydrogens (tertiary/aromatic N) is 1. The number of urea groups is 1. The number of likely N-dealkylation sites (tertiary alicyclic amines) is 1. The molecule has 33 heavy (non-hydrogen) atoms. The molecule has 1 fully saturated rings. The molecule has 6 nitrogen and oxygen atoms in total. The molecule has 3 aromatic rings. The molecule has 3 amide bonds. The van der Waals surface area contributed by atoms with Crippen LogP contribution in [0.15, 0.2) is 67.4 Å². The van der Waals surface area contributed by atoms with Crippen LogP contribution in [0.4, 0.5) is 4.79 Å². The average Bonchev–Trinajstić information content (AvgIpc) is 3.25. The minimum atomic E-state index is -0.445. The summed E-state index contributed by atoms with van der Waals surface area (Å²) in [7, 11) is 0. The van der Waals surface area contributed by atoms with Gasteiger partial charge in [0.2, 0.25) is 0 Å². The third-order valence-electron chi connectivity index (χ3n) is 7.13. The third kappa shape index (κ3) is 4.31. The van der Waals surface area contributed by atoms with E-state index < -0.39 is 6.03 Å². The van der Waals surface area contributed by atoms with Gasteiger partial charge in [-0.25, -0.2) is 4.79 Å². The van der Waals surface area contributed by atoms with E-state index in [1.807, 2.05) is 12.1 Å². The minimum absolute atomic E-state index is 0.386. The molecular formula is C27H30N4O2. The standard InChI is InChI=1S/C27H30N4O2/c1-2-13-31-17-18(11-12-28-27(33)30-26(32)19-7-4-3-5-8-19)14-22-21-9-6-10-23-25(21)20(16-29-23)15-24(22)31/h2-10,16,18,22,24,29H,1,11-15,17H2,(H2,28,30,32,33)/t18-,22?,24-/m1/s1. The molecule has 1 saturated heterocycles. The lowest BCUT2D eigenvalue weighted by atomic mass is 9.71. The SMILES string of the molecule is C=CCN1C[C@H](CCNC(=O)NC(=O)c2ccccc2)CC2c3cccc4[nH]cc(c34)C[C@H]21. The minimum Gasteiger partial charge on any atom is -0.361 e. The monoisotopic (exact) mass is 442 g/mol. The number of aromatic nitrogens is 1. The molecule has 1 unspecified atom stereocenters. The fourth-order valence-corrected chi connectivity index (χ4v) is 5.68. The molecule has 0 bridgehead atoms. The number of piperidine rings is 1. The van der Waals surface area contributed by atoms with Crippen molar-refractivity contribution in [1.82, 2.24) is 20.5 Å². The third-order valence-corrected chi connectivity index (χ3v) is 7.13. The maximum Gasteiger partial charge on any atom is 0.321 e. The van der Waals surface area contributed by atoms with Crippen LogP contribution in [0, 0.1) is 5.92 Å². The van der Waals surface area contributed by atoms with Gasteiger partial charge in [0.1, 0.15) is 0 Å². The maximum atomic E-state index is 12.2. The number of amides is 3. The van der Waals surface area contributed by atoms with Crippen molar-refractivity contribution >= 4 is 22.8 Å². The Hall–Kier alpha value is -3.38. The fraction of sp³-hybridized carbons (Fsp3) is 0.333. The summed E-state index contributed by atoms with van der Waals surface area (Å²) in [6, 6.07) is 15.4. The number of nitrogens with one attached hydrogen (secondary N) is 3. The second-order valence-electron chi connectivity index (χ2n) is 9.17. The first-order chi connectivity index (χ1) is 16.1. The lowest BCUT2D eigenvalue weighted by Crippen LogP contribution is -2.50. The molecule has 3 atom stereocenters. The van der Waals surface area contributed by atoms with Crippen molar-refractivity contribution < 1.29 is 9.59 Å². The number of carbonyl (C=O) groups is 2. The van der Waals surface area contributed by atoms with Gasteiger partial charge in [0.15, 0.2) is 0 Å². The molecular weight excluding hydrogens is 412 g/mol. The van der Waals surface area contributed by atoms with Crippen LogP contribution in [0.25, 0.3) is 10.9 Å². The van der Waals surface area contributed by atoms with Crippen molar-refractivity contribution in [2.24, 2.45) is 5.92 Å². The van der Waals surface area contributed by atoms with Gasteiger partial charge in [-0.3, -0.25) is 15.0 Å². The first-order valence-electron chi connectivity index (χ1n) is 11.7. The molecule has 0 spiro atoms. The van der Waals surface area contributed by atoms with E-state index >= 15 is 0 Å². The summed E-state index contributed by atoms with van der Waals surface area (Å²) in [4.78, 5) is 30.4. The lowest BCUT2D eigenvalue weighted by molar-refractivity contribution is 0.0926. The number of hydrogen-bond acceptors (Lipinski definition) is 3. The Bertz CT molecular complexity index is 1170. The molecule has 1 aliphatic carbocycles. The fourth-order valence-electron chi connectivity index (χ4n) is 5.68. The van der Waals surface area contributed by atoms with Crippen molar-refractivity contribution in [3.8, 4) is 0 Å². The molecule has 2 aromatic carbocycles. The number of H-pyrrole nitrogens is 1. The number of rotatable bonds is 6. The Morgan fingerprint density at radius 3 is 2.82 bits per heavy atom. The quantitative estimate of drug-likeness (QED) is 0.501. The van der Waals surface area contributed by atoms with Crippen LogP contribution in [0.2, 0.25) is 0 Å². The highest BCUT2D eigenvalue weighted by molar-refractivity contribution is 6.04. The van der Waals surface area contributed by atoms with Crippen LogP contribution in [-0.2, 0) is 6.42 Å². The van der Waals surface area contributed by atoms with E-state index in [1.165, 1.54) is 22.0 Å². The Kier molecular flexibility index (Phi) is 6.01. The zero-order chi connectivity index (χ0) is 22.8. The summed E-state index contributed by atoms with van der Waals surface area (Å²) in [6.45, 7) is 6.39. The Morgan fingerprint density at radius 2 is 2.00 bits per heavy atom. The molecule has 2 heterocycles. The number of hydrogen-bond donors (Lipinski definition) is 3. The summed E-state index contributed by atoms with van der Waals surface area (Å²) >= 11 is 0. The normalized spacial score (nSPS) is 21.9. The van der Waals surface area contributed by atoms with E-state index in [0.717, 1.165) is 32.4 Å². The van der Waals surface area contributed by atoms with Gasteiger partial charge in [-0.15, -0.1) is 6.58 Å². The summed E-state index contributed by atoms with van der Waals surface area (Å²) < 4.78 is 0. The molecule has 1 aliphatic heterocycles. The van der Waals surface area contributed by atoms with Crippen LogP contribution < -0.4 is 10.6 Å². The summed E-state index contributed by atoms with van der Waals surface area (Å²) in [5.74, 6) is 0.555. The number of aromatic amines is 1. The van der Waals surface area contributed by atoms with Gasteiger partial charge in [-0.05, 0) is 54.5 Å². The molecule has 0 saturated carbocycles.